The molecule has 3 aromatic rings. The fourth-order valence-electron chi connectivity index (χ4n) is 2.81. The molecule has 26 heavy (non-hydrogen) atoms. The summed E-state index contributed by atoms with van der Waals surface area (Å²) in [6.45, 7) is 5.66. The monoisotopic (exact) mass is 372 g/mol. The van der Waals surface area contributed by atoms with Crippen molar-refractivity contribution in [1.82, 2.24) is 15.0 Å². The number of anilines is 1. The van der Waals surface area contributed by atoms with Crippen molar-refractivity contribution in [3.05, 3.63) is 45.1 Å². The van der Waals surface area contributed by atoms with Crippen LogP contribution in [0.4, 0.5) is 5.69 Å². The highest BCUT2D eigenvalue weighted by Crippen LogP contribution is 2.27. The number of methoxy groups -OCH3 is 1. The molecule has 8 heteroatoms. The molecule has 136 valence electrons. The first-order valence-electron chi connectivity index (χ1n) is 8.27. The molecule has 0 fully saturated rings. The molecule has 1 unspecified atom stereocenters. The summed E-state index contributed by atoms with van der Waals surface area (Å²) >= 11 is 1.43. The van der Waals surface area contributed by atoms with Crippen LogP contribution in [0, 0.1) is 13.8 Å². The molecular weight excluding hydrogens is 352 g/mol. The average molecular weight is 372 g/mol. The Hall–Kier alpha value is -2.74. The molecule has 0 aliphatic heterocycles. The third-order valence-electron chi connectivity index (χ3n) is 4.37. The molecule has 0 bridgehead atoms. The van der Waals surface area contributed by atoms with E-state index in [0.717, 1.165) is 10.4 Å². The van der Waals surface area contributed by atoms with Gasteiger partial charge < -0.3 is 10.1 Å². The Morgan fingerprint density at radius 1 is 1.35 bits per heavy atom. The van der Waals surface area contributed by atoms with Crippen molar-refractivity contribution in [3.8, 4) is 5.75 Å². The fraction of sp³-hybridized carbons (Fsp3) is 0.333. The molecule has 0 aliphatic carbocycles. The van der Waals surface area contributed by atoms with Crippen LogP contribution in [-0.2, 0) is 4.79 Å². The highest BCUT2D eigenvalue weighted by atomic mass is 32.1. The van der Waals surface area contributed by atoms with Gasteiger partial charge in [-0.25, -0.2) is 0 Å². The van der Waals surface area contributed by atoms with E-state index in [4.69, 9.17) is 4.74 Å². The molecule has 1 amide bonds. The quantitative estimate of drug-likeness (QED) is 0.744. The number of ether oxygens (including phenoxy) is 1. The number of amides is 1. The number of carbonyl (C=O) groups excluding carboxylic acids is 1. The van der Waals surface area contributed by atoms with Crippen LogP contribution in [0.3, 0.4) is 0 Å². The predicted octanol–water partition coefficient (Wildman–Crippen LogP) is 3.07. The lowest BCUT2D eigenvalue weighted by Crippen LogP contribution is -2.35. The zero-order chi connectivity index (χ0) is 18.8. The van der Waals surface area contributed by atoms with Gasteiger partial charge in [0.25, 0.3) is 5.56 Å². The van der Waals surface area contributed by atoms with Gasteiger partial charge in [-0.2, -0.15) is 4.68 Å². The third kappa shape index (κ3) is 3.08. The maximum Gasteiger partial charge on any atom is 0.279 e. The van der Waals surface area contributed by atoms with Gasteiger partial charge in [0.2, 0.25) is 5.91 Å². The second-order valence-corrected chi connectivity index (χ2v) is 7.12. The largest absolute Gasteiger partial charge is 0.495 e. The fourth-order valence-corrected chi connectivity index (χ4v) is 3.78. The zero-order valence-electron chi connectivity index (χ0n) is 15.1. The number of para-hydroxylation sites is 2. The number of hydrogen-bond donors (Lipinski definition) is 1. The van der Waals surface area contributed by atoms with Crippen molar-refractivity contribution in [2.24, 2.45) is 0 Å². The minimum Gasteiger partial charge on any atom is -0.495 e. The van der Waals surface area contributed by atoms with Crippen LogP contribution in [0.2, 0.25) is 0 Å². The van der Waals surface area contributed by atoms with Gasteiger partial charge in [-0.1, -0.05) is 24.3 Å². The van der Waals surface area contributed by atoms with E-state index < -0.39 is 6.04 Å². The first kappa shape index (κ1) is 18.1. The topological polar surface area (TPSA) is 86.1 Å². The van der Waals surface area contributed by atoms with Crippen LogP contribution in [0.5, 0.6) is 5.75 Å². The molecule has 3 rings (SSSR count). The number of hydrogen-bond acceptors (Lipinski definition) is 6. The number of benzene rings is 1. The smallest absolute Gasteiger partial charge is 0.279 e. The standard InChI is InChI=1S/C18H20N4O3S/c1-5-13(16(23)19-12-8-6-7-9-14(12)25-4)22-18(24)15-10(2)11(3)26-17(15)20-21-22/h6-9,13H,5H2,1-4H3,(H,19,23). The van der Waals surface area contributed by atoms with Crippen molar-refractivity contribution in [2.45, 2.75) is 33.2 Å². The summed E-state index contributed by atoms with van der Waals surface area (Å²) in [7, 11) is 1.54. The first-order chi connectivity index (χ1) is 12.5. The molecule has 0 saturated heterocycles. The SMILES string of the molecule is CCC(C(=O)Nc1ccccc1OC)n1nnc2sc(C)c(C)c2c1=O. The summed E-state index contributed by atoms with van der Waals surface area (Å²) in [5.41, 5.74) is 1.14. The van der Waals surface area contributed by atoms with Crippen molar-refractivity contribution < 1.29 is 9.53 Å². The Morgan fingerprint density at radius 3 is 2.77 bits per heavy atom. The van der Waals surface area contributed by atoms with E-state index >= 15 is 0 Å². The summed E-state index contributed by atoms with van der Waals surface area (Å²) in [4.78, 5) is 27.3. The number of aromatic nitrogens is 3. The minimum atomic E-state index is -0.760. The van der Waals surface area contributed by atoms with Gasteiger partial charge in [0.1, 0.15) is 11.8 Å². The maximum absolute atomic E-state index is 12.9. The van der Waals surface area contributed by atoms with E-state index in [0.29, 0.717) is 28.1 Å². The van der Waals surface area contributed by atoms with Gasteiger partial charge in [-0.3, -0.25) is 9.59 Å². The second-order valence-electron chi connectivity index (χ2n) is 5.92. The van der Waals surface area contributed by atoms with E-state index in [2.05, 4.69) is 15.6 Å². The van der Waals surface area contributed by atoms with Gasteiger partial charge >= 0.3 is 0 Å². The van der Waals surface area contributed by atoms with Gasteiger partial charge in [-0.05, 0) is 38.0 Å². The van der Waals surface area contributed by atoms with Crippen LogP contribution >= 0.6 is 11.3 Å². The summed E-state index contributed by atoms with van der Waals surface area (Å²) in [6, 6.07) is 6.36. The van der Waals surface area contributed by atoms with Crippen molar-refractivity contribution in [1.29, 1.82) is 0 Å². The Bertz CT molecular complexity index is 1020. The van der Waals surface area contributed by atoms with Crippen LogP contribution in [0.15, 0.2) is 29.1 Å². The number of fused-ring (bicyclic) bond motifs is 1. The van der Waals surface area contributed by atoms with Crippen molar-refractivity contribution in [3.63, 3.8) is 0 Å². The van der Waals surface area contributed by atoms with Crippen LogP contribution < -0.4 is 15.6 Å². The average Bonchev–Trinajstić information content (AvgIpc) is 2.93. The molecule has 0 spiro atoms. The highest BCUT2D eigenvalue weighted by Gasteiger charge is 2.24. The normalized spacial score (nSPS) is 12.2. The van der Waals surface area contributed by atoms with Crippen molar-refractivity contribution >= 4 is 33.1 Å². The molecule has 2 aromatic heterocycles. The van der Waals surface area contributed by atoms with Crippen LogP contribution in [-0.4, -0.2) is 28.0 Å². The maximum atomic E-state index is 12.9. The molecule has 0 aliphatic rings. The number of rotatable bonds is 5. The summed E-state index contributed by atoms with van der Waals surface area (Å²) in [6.07, 6.45) is 0.406. The molecule has 2 heterocycles. The van der Waals surface area contributed by atoms with E-state index in [1.807, 2.05) is 26.8 Å². The van der Waals surface area contributed by atoms with Gasteiger partial charge in [0, 0.05) is 4.88 Å². The van der Waals surface area contributed by atoms with E-state index in [9.17, 15) is 9.59 Å². The lowest BCUT2D eigenvalue weighted by Gasteiger charge is -2.17. The predicted molar refractivity (Wildman–Crippen MR) is 102 cm³/mol. The van der Waals surface area contributed by atoms with Crippen LogP contribution in [0.1, 0.15) is 29.8 Å². The molecule has 0 saturated carbocycles. The molecule has 1 atom stereocenters. The number of aryl methyl sites for hydroxylation is 2. The summed E-state index contributed by atoms with van der Waals surface area (Å²) < 4.78 is 6.43. The van der Waals surface area contributed by atoms with Gasteiger partial charge in [0.15, 0.2) is 4.83 Å². The molecule has 0 radical (unpaired) electrons. The molecule has 7 nitrogen and oxygen atoms in total. The van der Waals surface area contributed by atoms with Crippen LogP contribution in [0.25, 0.3) is 10.2 Å². The van der Waals surface area contributed by atoms with E-state index in [-0.39, 0.29) is 11.5 Å². The Labute approximate surface area is 154 Å². The number of nitrogens with zero attached hydrogens (tertiary/aromatic N) is 3. The lowest BCUT2D eigenvalue weighted by molar-refractivity contribution is -0.119. The molecule has 1 aromatic carbocycles. The van der Waals surface area contributed by atoms with E-state index in [1.165, 1.54) is 23.1 Å². The number of thiophene rings is 1. The zero-order valence-corrected chi connectivity index (χ0v) is 15.9. The van der Waals surface area contributed by atoms with Gasteiger partial charge in [0.05, 0.1) is 18.2 Å². The molecular formula is C18H20N4O3S. The Morgan fingerprint density at radius 2 is 2.08 bits per heavy atom. The second kappa shape index (κ2) is 7.25. The third-order valence-corrected chi connectivity index (χ3v) is 5.46. The Balaban J connectivity index is 1.99. The summed E-state index contributed by atoms with van der Waals surface area (Å²) in [5.74, 6) is 0.214. The Kier molecular flexibility index (Phi) is 5.03. The first-order valence-corrected chi connectivity index (χ1v) is 9.08. The summed E-state index contributed by atoms with van der Waals surface area (Å²) in [5, 5.41) is 11.5. The lowest BCUT2D eigenvalue weighted by atomic mass is 10.2. The number of carbonyl (C=O) groups is 1. The minimum absolute atomic E-state index is 0.293. The molecule has 1 N–H and O–H groups in total. The highest BCUT2D eigenvalue weighted by molar-refractivity contribution is 7.18. The van der Waals surface area contributed by atoms with Gasteiger partial charge in [-0.15, -0.1) is 16.4 Å². The number of nitrogens with one attached hydrogen (secondary N) is 1. The van der Waals surface area contributed by atoms with E-state index in [1.54, 1.807) is 18.2 Å². The van der Waals surface area contributed by atoms with Crippen molar-refractivity contribution in [2.75, 3.05) is 12.4 Å².